The van der Waals surface area contributed by atoms with Crippen molar-refractivity contribution in [1.29, 1.82) is 0 Å². The van der Waals surface area contributed by atoms with E-state index in [0.717, 1.165) is 11.3 Å². The van der Waals surface area contributed by atoms with Gasteiger partial charge in [0, 0.05) is 44.5 Å². The number of alkyl halides is 3. The third-order valence-corrected chi connectivity index (χ3v) is 10.6. The molecule has 2 aliphatic rings. The van der Waals surface area contributed by atoms with Crippen LogP contribution in [0.3, 0.4) is 0 Å². The van der Waals surface area contributed by atoms with Gasteiger partial charge in [-0.2, -0.15) is 17.5 Å². The highest BCUT2D eigenvalue weighted by Crippen LogP contribution is 2.39. The predicted molar refractivity (Wildman–Crippen MR) is 144 cm³/mol. The van der Waals surface area contributed by atoms with Crippen molar-refractivity contribution in [1.82, 2.24) is 9.21 Å². The van der Waals surface area contributed by atoms with E-state index in [0.29, 0.717) is 45.5 Å². The van der Waals surface area contributed by atoms with Gasteiger partial charge < -0.3 is 19.5 Å². The van der Waals surface area contributed by atoms with E-state index < -0.39 is 21.8 Å². The Balaban J connectivity index is 1.61. The second-order valence-corrected chi connectivity index (χ2v) is 13.1. The fourth-order valence-electron chi connectivity index (χ4n) is 5.02. The fourth-order valence-corrected chi connectivity index (χ4v) is 7.63. The van der Waals surface area contributed by atoms with Crippen molar-refractivity contribution in [3.05, 3.63) is 47.3 Å². The molecule has 2 fully saturated rings. The molecule has 2 aliphatic heterocycles. The van der Waals surface area contributed by atoms with Crippen LogP contribution in [0.1, 0.15) is 25.8 Å². The number of anilines is 1. The Morgan fingerprint density at radius 2 is 1.88 bits per heavy atom. The molecule has 222 valence electrons. The summed E-state index contributed by atoms with van der Waals surface area (Å²) in [6.45, 7) is 5.03. The number of hydrogen-bond donors (Lipinski definition) is 1. The molecule has 0 radical (unpaired) electrons. The Morgan fingerprint density at radius 3 is 2.50 bits per heavy atom. The van der Waals surface area contributed by atoms with Crippen molar-refractivity contribution in [2.75, 3.05) is 57.4 Å². The lowest BCUT2D eigenvalue weighted by molar-refractivity contribution is -0.258. The summed E-state index contributed by atoms with van der Waals surface area (Å²) in [5, 5.41) is 11.8. The molecule has 0 amide bonds. The van der Waals surface area contributed by atoms with E-state index >= 15 is 0 Å². The number of rotatable bonds is 9. The molecule has 4 rings (SSSR count). The van der Waals surface area contributed by atoms with Crippen LogP contribution in [0.15, 0.2) is 46.0 Å². The SMILES string of the molecule is CCOC(=O)CC1COCCN1CC1CN(S(=O)(=O)c2cccs2)CCN1c1ccc(C(C)(O)C(F)(F)F)cc1. The van der Waals surface area contributed by atoms with Gasteiger partial charge in [0.2, 0.25) is 0 Å². The monoisotopic (exact) mass is 605 g/mol. The van der Waals surface area contributed by atoms with Crippen LogP contribution in [-0.2, 0) is 29.9 Å². The third-order valence-electron chi connectivity index (χ3n) is 7.35. The number of halogens is 3. The molecular formula is C26H34F3N3O6S2. The third kappa shape index (κ3) is 6.63. The fraction of sp³-hybridized carbons (Fsp3) is 0.577. The average molecular weight is 606 g/mol. The Bertz CT molecular complexity index is 1240. The van der Waals surface area contributed by atoms with Crippen molar-refractivity contribution in [3.63, 3.8) is 0 Å². The Hall–Kier alpha value is -2.23. The lowest BCUT2D eigenvalue weighted by atomic mass is 9.95. The van der Waals surface area contributed by atoms with E-state index in [-0.39, 0.29) is 53.9 Å². The average Bonchev–Trinajstić information content (AvgIpc) is 3.46. The number of carbonyl (C=O) groups excluding carboxylic acids is 1. The molecule has 3 heterocycles. The molecule has 0 saturated carbocycles. The number of nitrogens with zero attached hydrogens (tertiary/aromatic N) is 3. The van der Waals surface area contributed by atoms with E-state index in [1.54, 1.807) is 24.4 Å². The van der Waals surface area contributed by atoms with Gasteiger partial charge >= 0.3 is 12.1 Å². The molecular weight excluding hydrogens is 571 g/mol. The number of benzene rings is 1. The van der Waals surface area contributed by atoms with Crippen molar-refractivity contribution >= 4 is 33.0 Å². The van der Waals surface area contributed by atoms with E-state index in [1.165, 1.54) is 28.6 Å². The van der Waals surface area contributed by atoms with Crippen LogP contribution in [0.5, 0.6) is 0 Å². The lowest BCUT2D eigenvalue weighted by Gasteiger charge is -2.46. The van der Waals surface area contributed by atoms with E-state index in [1.807, 2.05) is 4.90 Å². The number of thiophene rings is 1. The lowest BCUT2D eigenvalue weighted by Crippen LogP contribution is -2.60. The first kappa shape index (κ1) is 30.7. The van der Waals surface area contributed by atoms with Crippen molar-refractivity contribution in [2.45, 2.75) is 48.3 Å². The van der Waals surface area contributed by atoms with Gasteiger partial charge in [-0.15, -0.1) is 11.3 Å². The van der Waals surface area contributed by atoms with E-state index in [4.69, 9.17) is 9.47 Å². The molecule has 0 aliphatic carbocycles. The summed E-state index contributed by atoms with van der Waals surface area (Å²) >= 11 is 1.14. The molecule has 2 saturated heterocycles. The molecule has 2 aromatic rings. The standard InChI is InChI=1S/C26H34F3N3O6S2/c1-3-38-23(33)15-21-18-37-13-12-30(21)16-22-17-31(40(35,36)24-5-4-14-39-24)10-11-32(22)20-8-6-19(7-9-20)25(2,34)26(27,28)29/h4-9,14,21-22,34H,3,10-13,15-18H2,1-2H3. The second kappa shape index (κ2) is 12.3. The summed E-state index contributed by atoms with van der Waals surface area (Å²) in [6.07, 6.45) is -4.72. The normalized spacial score (nSPS) is 23.1. The number of carbonyl (C=O) groups is 1. The second-order valence-electron chi connectivity index (χ2n) is 9.99. The van der Waals surface area contributed by atoms with Gasteiger partial charge in [0.05, 0.1) is 32.3 Å². The van der Waals surface area contributed by atoms with Gasteiger partial charge in [-0.25, -0.2) is 8.42 Å². The minimum Gasteiger partial charge on any atom is -0.466 e. The highest BCUT2D eigenvalue weighted by molar-refractivity contribution is 7.91. The maximum absolute atomic E-state index is 13.4. The van der Waals surface area contributed by atoms with Gasteiger partial charge in [-0.1, -0.05) is 18.2 Å². The number of esters is 1. The van der Waals surface area contributed by atoms with Crippen LogP contribution in [-0.4, -0.2) is 99.5 Å². The number of ether oxygens (including phenoxy) is 2. The first-order chi connectivity index (χ1) is 18.8. The van der Waals surface area contributed by atoms with E-state index in [9.17, 15) is 31.5 Å². The van der Waals surface area contributed by atoms with Crippen LogP contribution < -0.4 is 4.90 Å². The molecule has 1 N–H and O–H groups in total. The zero-order chi connectivity index (χ0) is 29.1. The number of hydrogen-bond acceptors (Lipinski definition) is 9. The van der Waals surface area contributed by atoms with Gasteiger partial charge in [-0.05, 0) is 43.0 Å². The van der Waals surface area contributed by atoms with Crippen LogP contribution in [0.2, 0.25) is 0 Å². The van der Waals surface area contributed by atoms with Gasteiger partial charge in [0.15, 0.2) is 5.60 Å². The zero-order valence-electron chi connectivity index (χ0n) is 22.3. The Morgan fingerprint density at radius 1 is 1.15 bits per heavy atom. The zero-order valence-corrected chi connectivity index (χ0v) is 24.0. The molecule has 14 heteroatoms. The summed E-state index contributed by atoms with van der Waals surface area (Å²) in [5.74, 6) is -0.349. The molecule has 1 aromatic carbocycles. The quantitative estimate of drug-likeness (QED) is 0.436. The van der Waals surface area contributed by atoms with Crippen LogP contribution in [0.4, 0.5) is 18.9 Å². The van der Waals surface area contributed by atoms with Gasteiger partial charge in [-0.3, -0.25) is 9.69 Å². The highest BCUT2D eigenvalue weighted by Gasteiger charge is 2.51. The minimum absolute atomic E-state index is 0.124. The van der Waals surface area contributed by atoms with Gasteiger partial charge in [0.1, 0.15) is 4.21 Å². The Kier molecular flexibility index (Phi) is 9.47. The Labute approximate surface area is 236 Å². The summed E-state index contributed by atoms with van der Waals surface area (Å²) < 4.78 is 79.2. The number of sulfonamides is 1. The molecule has 9 nitrogen and oxygen atoms in total. The first-order valence-corrected chi connectivity index (χ1v) is 15.3. The molecule has 1 aromatic heterocycles. The molecule has 40 heavy (non-hydrogen) atoms. The van der Waals surface area contributed by atoms with Crippen molar-refractivity contribution in [3.8, 4) is 0 Å². The van der Waals surface area contributed by atoms with Crippen molar-refractivity contribution in [2.24, 2.45) is 0 Å². The largest absolute Gasteiger partial charge is 0.466 e. The number of aliphatic hydroxyl groups is 1. The van der Waals surface area contributed by atoms with Crippen LogP contribution in [0, 0.1) is 0 Å². The minimum atomic E-state index is -4.84. The van der Waals surface area contributed by atoms with Crippen LogP contribution >= 0.6 is 11.3 Å². The van der Waals surface area contributed by atoms with Crippen LogP contribution in [0.25, 0.3) is 0 Å². The number of morpholine rings is 1. The molecule has 3 unspecified atom stereocenters. The summed E-state index contributed by atoms with van der Waals surface area (Å²) in [4.78, 5) is 16.3. The van der Waals surface area contributed by atoms with Gasteiger partial charge in [0.25, 0.3) is 10.0 Å². The maximum Gasteiger partial charge on any atom is 0.421 e. The summed E-state index contributed by atoms with van der Waals surface area (Å²) in [5.41, 5.74) is -2.69. The first-order valence-electron chi connectivity index (χ1n) is 13.0. The molecule has 0 bridgehead atoms. The molecule has 0 spiro atoms. The van der Waals surface area contributed by atoms with E-state index in [2.05, 4.69) is 4.90 Å². The molecule has 3 atom stereocenters. The number of piperazine rings is 1. The smallest absolute Gasteiger partial charge is 0.421 e. The summed E-state index contributed by atoms with van der Waals surface area (Å²) in [6, 6.07) is 8.12. The highest BCUT2D eigenvalue weighted by atomic mass is 32.2. The summed E-state index contributed by atoms with van der Waals surface area (Å²) in [7, 11) is -3.73. The van der Waals surface area contributed by atoms with Crippen molar-refractivity contribution < 1.29 is 41.0 Å². The topological polar surface area (TPSA) is 99.6 Å². The maximum atomic E-state index is 13.4. The predicted octanol–water partition coefficient (Wildman–Crippen LogP) is 3.05.